The summed E-state index contributed by atoms with van der Waals surface area (Å²) in [4.78, 5) is 0. The highest BCUT2D eigenvalue weighted by atomic mass is 31.2. The molecule has 4 nitrogen and oxygen atoms in total. The number of benzene rings is 4. The minimum Gasteiger partial charge on any atom is -0.497 e. The Balaban J connectivity index is 1.92. The summed E-state index contributed by atoms with van der Waals surface area (Å²) in [6.07, 6.45) is 0. The zero-order valence-electron chi connectivity index (χ0n) is 17.9. The first-order chi connectivity index (χ1) is 15.6. The quantitative estimate of drug-likeness (QED) is 0.285. The number of hydrogen-bond acceptors (Lipinski definition) is 4. The fourth-order valence-electron chi connectivity index (χ4n) is 3.96. The van der Waals surface area contributed by atoms with Crippen LogP contribution in [0.15, 0.2) is 115 Å². The summed E-state index contributed by atoms with van der Waals surface area (Å²) in [7, 11) is -1.76. The summed E-state index contributed by atoms with van der Waals surface area (Å²) < 4.78 is 20.5. The molecule has 0 aliphatic heterocycles. The van der Waals surface area contributed by atoms with E-state index in [4.69, 9.17) is 4.74 Å². The largest absolute Gasteiger partial charge is 0.497 e. The predicted octanol–water partition coefficient (Wildman–Crippen LogP) is 5.60. The van der Waals surface area contributed by atoms with Crippen molar-refractivity contribution >= 4 is 17.8 Å². The maximum absolute atomic E-state index is 15.1. The monoisotopic (exact) mass is 443 g/mol. The molecule has 0 radical (unpaired) electrons. The SMILES string of the molecule is COc1cccc(C(N(O)Cc2ccccc2)P(=O)(c2ccccc2)c2ccccc2)c1. The van der Waals surface area contributed by atoms with Gasteiger partial charge in [0.2, 0.25) is 0 Å². The van der Waals surface area contributed by atoms with Crippen molar-refractivity contribution in [3.8, 4) is 5.75 Å². The van der Waals surface area contributed by atoms with E-state index in [1.54, 1.807) is 7.11 Å². The first-order valence-electron chi connectivity index (χ1n) is 10.5. The van der Waals surface area contributed by atoms with E-state index >= 15 is 4.57 Å². The van der Waals surface area contributed by atoms with Gasteiger partial charge in [0.1, 0.15) is 11.5 Å². The third kappa shape index (κ3) is 4.53. The Morgan fingerprint density at radius 3 is 1.84 bits per heavy atom. The van der Waals surface area contributed by atoms with Crippen molar-refractivity contribution in [2.45, 2.75) is 12.3 Å². The molecule has 0 amide bonds. The minimum absolute atomic E-state index is 0.229. The molecule has 4 aromatic carbocycles. The molecule has 4 aromatic rings. The van der Waals surface area contributed by atoms with Crippen LogP contribution in [0.4, 0.5) is 0 Å². The molecule has 1 unspecified atom stereocenters. The van der Waals surface area contributed by atoms with Crippen LogP contribution >= 0.6 is 7.14 Å². The van der Waals surface area contributed by atoms with E-state index in [-0.39, 0.29) is 6.54 Å². The Morgan fingerprint density at radius 2 is 1.31 bits per heavy atom. The van der Waals surface area contributed by atoms with Crippen LogP contribution in [0.1, 0.15) is 16.9 Å². The molecule has 0 aliphatic rings. The van der Waals surface area contributed by atoms with E-state index < -0.39 is 12.9 Å². The van der Waals surface area contributed by atoms with Gasteiger partial charge in [-0.25, -0.2) is 0 Å². The van der Waals surface area contributed by atoms with Crippen LogP contribution < -0.4 is 15.3 Å². The van der Waals surface area contributed by atoms with Gasteiger partial charge < -0.3 is 14.5 Å². The first-order valence-corrected chi connectivity index (χ1v) is 12.2. The highest BCUT2D eigenvalue weighted by Gasteiger charge is 2.41. The predicted molar refractivity (Wildman–Crippen MR) is 129 cm³/mol. The van der Waals surface area contributed by atoms with Crippen molar-refractivity contribution in [1.29, 1.82) is 0 Å². The van der Waals surface area contributed by atoms with Crippen molar-refractivity contribution < 1.29 is 14.5 Å². The van der Waals surface area contributed by atoms with Gasteiger partial charge in [0.05, 0.1) is 13.7 Å². The van der Waals surface area contributed by atoms with E-state index in [1.807, 2.05) is 115 Å². The van der Waals surface area contributed by atoms with E-state index in [2.05, 4.69) is 0 Å². The van der Waals surface area contributed by atoms with Crippen LogP contribution in [0.25, 0.3) is 0 Å². The zero-order valence-corrected chi connectivity index (χ0v) is 18.8. The second-order valence-corrected chi connectivity index (χ2v) is 10.4. The molecule has 1 atom stereocenters. The molecule has 0 aromatic heterocycles. The molecule has 1 N–H and O–H groups in total. The number of hydrogen-bond donors (Lipinski definition) is 1. The molecule has 0 aliphatic carbocycles. The molecule has 162 valence electrons. The van der Waals surface area contributed by atoms with E-state index in [0.717, 1.165) is 11.1 Å². The van der Waals surface area contributed by atoms with Gasteiger partial charge in [-0.2, -0.15) is 5.06 Å². The molecule has 0 saturated carbocycles. The van der Waals surface area contributed by atoms with Crippen LogP contribution in [0.2, 0.25) is 0 Å². The summed E-state index contributed by atoms with van der Waals surface area (Å²) >= 11 is 0. The molecule has 0 saturated heterocycles. The van der Waals surface area contributed by atoms with Crippen molar-refractivity contribution in [2.24, 2.45) is 0 Å². The van der Waals surface area contributed by atoms with Gasteiger partial charge in [-0.15, -0.1) is 0 Å². The maximum atomic E-state index is 15.1. The smallest absolute Gasteiger partial charge is 0.166 e. The van der Waals surface area contributed by atoms with Crippen molar-refractivity contribution in [3.05, 3.63) is 126 Å². The average molecular weight is 443 g/mol. The topological polar surface area (TPSA) is 49.8 Å². The fraction of sp³-hybridized carbons (Fsp3) is 0.111. The molecule has 0 heterocycles. The van der Waals surface area contributed by atoms with Gasteiger partial charge in [0.15, 0.2) is 7.14 Å². The Morgan fingerprint density at radius 1 is 0.781 bits per heavy atom. The first kappa shape index (κ1) is 22.0. The molecule has 0 bridgehead atoms. The maximum Gasteiger partial charge on any atom is 0.166 e. The average Bonchev–Trinajstić information content (AvgIpc) is 2.86. The molecule has 5 heteroatoms. The fourth-order valence-corrected chi connectivity index (χ4v) is 7.09. The lowest BCUT2D eigenvalue weighted by atomic mass is 10.2. The summed E-state index contributed by atoms with van der Waals surface area (Å²) in [5.41, 5.74) is 1.65. The summed E-state index contributed by atoms with van der Waals surface area (Å²) in [6, 6.07) is 35.9. The van der Waals surface area contributed by atoms with Crippen molar-refractivity contribution in [2.75, 3.05) is 7.11 Å². The Labute approximate surface area is 189 Å². The van der Waals surface area contributed by atoms with Crippen molar-refractivity contribution in [3.63, 3.8) is 0 Å². The molecular weight excluding hydrogens is 417 g/mol. The summed E-state index contributed by atoms with van der Waals surface area (Å²) in [5, 5.41) is 14.0. The Kier molecular flexibility index (Phi) is 6.87. The number of ether oxygens (including phenoxy) is 1. The van der Waals surface area contributed by atoms with E-state index in [0.29, 0.717) is 16.4 Å². The molecule has 0 spiro atoms. The van der Waals surface area contributed by atoms with Gasteiger partial charge in [-0.3, -0.25) is 0 Å². The number of methoxy groups -OCH3 is 1. The molecule has 4 rings (SSSR count). The van der Waals surface area contributed by atoms with E-state index in [9.17, 15) is 5.21 Å². The second-order valence-electron chi connectivity index (χ2n) is 7.56. The number of rotatable bonds is 8. The molecular formula is C27H26NO3P. The van der Waals surface area contributed by atoms with Crippen LogP contribution in [0.3, 0.4) is 0 Å². The normalized spacial score (nSPS) is 12.5. The lowest BCUT2D eigenvalue weighted by Crippen LogP contribution is -2.32. The third-order valence-electron chi connectivity index (χ3n) is 5.49. The van der Waals surface area contributed by atoms with Gasteiger partial charge >= 0.3 is 0 Å². The second kappa shape index (κ2) is 9.97. The summed E-state index contributed by atoms with van der Waals surface area (Å²) in [6.45, 7) is 0.229. The van der Waals surface area contributed by atoms with Gasteiger partial charge in [0, 0.05) is 10.6 Å². The number of nitrogens with zero attached hydrogens (tertiary/aromatic N) is 1. The lowest BCUT2D eigenvalue weighted by Gasteiger charge is -2.34. The van der Waals surface area contributed by atoms with Gasteiger partial charge in [-0.05, 0) is 23.3 Å². The van der Waals surface area contributed by atoms with Crippen LogP contribution in [0.5, 0.6) is 5.75 Å². The molecule has 32 heavy (non-hydrogen) atoms. The third-order valence-corrected chi connectivity index (χ3v) is 8.87. The van der Waals surface area contributed by atoms with Crippen molar-refractivity contribution in [1.82, 2.24) is 5.06 Å². The van der Waals surface area contributed by atoms with Gasteiger partial charge in [-0.1, -0.05) is 103 Å². The number of hydroxylamine groups is 2. The lowest BCUT2D eigenvalue weighted by molar-refractivity contribution is -0.114. The van der Waals surface area contributed by atoms with Crippen LogP contribution in [-0.4, -0.2) is 17.4 Å². The zero-order chi connectivity index (χ0) is 22.4. The Bertz CT molecular complexity index is 1140. The minimum atomic E-state index is -3.36. The van der Waals surface area contributed by atoms with E-state index in [1.165, 1.54) is 5.06 Å². The standard InChI is InChI=1S/C27H26NO3P/c1-31-24-15-11-14-23(20-24)27(28(29)21-22-12-5-2-6-13-22)32(30,25-16-7-3-8-17-25)26-18-9-4-10-19-26/h2-20,27,29H,21H2,1H3. The highest BCUT2D eigenvalue weighted by molar-refractivity contribution is 7.78. The highest BCUT2D eigenvalue weighted by Crippen LogP contribution is 2.58. The van der Waals surface area contributed by atoms with Crippen LogP contribution in [-0.2, 0) is 11.1 Å². The van der Waals surface area contributed by atoms with Gasteiger partial charge in [0.25, 0.3) is 0 Å². The summed E-state index contributed by atoms with van der Waals surface area (Å²) in [5.74, 6) is -0.157. The molecule has 0 fully saturated rings. The Hall–Kier alpha value is -3.17. The van der Waals surface area contributed by atoms with Crippen LogP contribution in [0, 0.1) is 0 Å².